The van der Waals surface area contributed by atoms with Gasteiger partial charge in [0.2, 0.25) is 5.96 Å². The average Bonchev–Trinajstić information content (AvgIpc) is 2.21. The summed E-state index contributed by atoms with van der Waals surface area (Å²) in [5.74, 6) is -1.73. The molecule has 10 heteroatoms. The topological polar surface area (TPSA) is 120 Å². The largest absolute Gasteiger partial charge is 1.00 e. The van der Waals surface area contributed by atoms with E-state index in [4.69, 9.17) is 9.47 Å². The summed E-state index contributed by atoms with van der Waals surface area (Å²) in [6.07, 6.45) is -1.86. The Kier molecular flexibility index (Phi) is 10.2. The van der Waals surface area contributed by atoms with E-state index >= 15 is 0 Å². The van der Waals surface area contributed by atoms with Crippen LogP contribution in [0.25, 0.3) is 0 Å². The molecule has 0 bridgehead atoms. The summed E-state index contributed by atoms with van der Waals surface area (Å²) in [5.41, 5.74) is -1.56. The molecule has 0 aliphatic carbocycles. The van der Waals surface area contributed by atoms with Crippen LogP contribution in [0.4, 0.5) is 9.59 Å². The predicted molar refractivity (Wildman–Crippen MR) is 80.7 cm³/mol. The minimum absolute atomic E-state index is 0. The van der Waals surface area contributed by atoms with Crippen molar-refractivity contribution >= 4 is 24.1 Å². The van der Waals surface area contributed by atoms with E-state index in [9.17, 15) is 19.5 Å². The second-order valence-electron chi connectivity index (χ2n) is 6.77. The van der Waals surface area contributed by atoms with Crippen LogP contribution in [0.1, 0.15) is 41.5 Å². The van der Waals surface area contributed by atoms with Crippen molar-refractivity contribution in [2.75, 3.05) is 13.6 Å². The van der Waals surface area contributed by atoms with Crippen LogP contribution in [-0.2, 0) is 14.3 Å². The minimum Gasteiger partial charge on any atom is -0.548 e. The van der Waals surface area contributed by atoms with Crippen molar-refractivity contribution in [2.24, 2.45) is 4.99 Å². The summed E-state index contributed by atoms with van der Waals surface area (Å²) >= 11 is 0. The second kappa shape index (κ2) is 9.85. The Morgan fingerprint density at radius 1 is 1.04 bits per heavy atom. The summed E-state index contributed by atoms with van der Waals surface area (Å²) < 4.78 is 10.0. The first-order valence-electron chi connectivity index (χ1n) is 6.92. The molecule has 0 heterocycles. The number of aliphatic imine (C=N–C) groups is 1. The number of ether oxygens (including phenoxy) is 2. The van der Waals surface area contributed by atoms with Gasteiger partial charge in [-0.1, -0.05) is 0 Å². The molecule has 0 aliphatic heterocycles. The van der Waals surface area contributed by atoms with Crippen LogP contribution in [0, 0.1) is 0 Å². The monoisotopic (exact) mass is 353 g/mol. The number of guanidine groups is 1. The van der Waals surface area contributed by atoms with E-state index in [2.05, 4.69) is 10.3 Å². The van der Waals surface area contributed by atoms with Gasteiger partial charge >= 0.3 is 41.7 Å². The maximum absolute atomic E-state index is 11.8. The molecule has 0 radical (unpaired) electrons. The van der Waals surface area contributed by atoms with Gasteiger partial charge in [0, 0.05) is 7.05 Å². The molecule has 9 nitrogen and oxygen atoms in total. The molecule has 0 saturated carbocycles. The number of carbonyl (C=O) groups is 3. The number of aliphatic carboxylic acids is 1. The van der Waals surface area contributed by atoms with E-state index in [0.29, 0.717) is 0 Å². The third-order valence-corrected chi connectivity index (χ3v) is 1.93. The molecule has 0 unspecified atom stereocenters. The first-order chi connectivity index (χ1) is 10.2. The van der Waals surface area contributed by atoms with Crippen molar-refractivity contribution in [1.82, 2.24) is 10.2 Å². The van der Waals surface area contributed by atoms with Crippen LogP contribution in [0.2, 0.25) is 0 Å². The standard InChI is InChI=1S/C14H25N3O6.Na/c1-13(2,3)22-11(20)15-10(17(7)8-9(18)19)16-12(21)23-14(4,5)6;/h8H2,1-7H3,(H,18,19)(H,15,16,20,21);/q;+1/p-1. The minimum atomic E-state index is -1.41. The first-order valence-corrected chi connectivity index (χ1v) is 6.92. The number of carbonyl (C=O) groups excluding carboxylic acids is 3. The molecule has 0 saturated heterocycles. The molecule has 0 fully saturated rings. The van der Waals surface area contributed by atoms with Crippen LogP contribution in [0.5, 0.6) is 0 Å². The smallest absolute Gasteiger partial charge is 0.548 e. The maximum atomic E-state index is 11.8. The summed E-state index contributed by atoms with van der Waals surface area (Å²) in [7, 11) is 1.32. The van der Waals surface area contributed by atoms with Gasteiger partial charge in [-0.15, -0.1) is 4.99 Å². The van der Waals surface area contributed by atoms with Crippen molar-refractivity contribution < 1.29 is 58.5 Å². The third-order valence-electron chi connectivity index (χ3n) is 1.93. The van der Waals surface area contributed by atoms with Gasteiger partial charge in [-0.25, -0.2) is 9.59 Å². The Bertz CT molecular complexity index is 494. The van der Waals surface area contributed by atoms with E-state index in [1.165, 1.54) is 7.05 Å². The number of hydrogen-bond acceptors (Lipinski definition) is 6. The van der Waals surface area contributed by atoms with Gasteiger partial charge in [0.25, 0.3) is 0 Å². The van der Waals surface area contributed by atoms with Gasteiger partial charge in [0.15, 0.2) is 0 Å². The molecular formula is C14H24N3NaO6. The molecule has 0 spiro atoms. The number of carboxylic acid groups (broad SMARTS) is 1. The Balaban J connectivity index is 0. The van der Waals surface area contributed by atoms with Crippen molar-refractivity contribution in [2.45, 2.75) is 52.7 Å². The number of amides is 2. The summed E-state index contributed by atoms with van der Waals surface area (Å²) in [6, 6.07) is 0. The van der Waals surface area contributed by atoms with Crippen LogP contribution < -0.4 is 40.0 Å². The summed E-state index contributed by atoms with van der Waals surface area (Å²) in [4.78, 5) is 38.8. The van der Waals surface area contributed by atoms with Crippen molar-refractivity contribution in [3.63, 3.8) is 0 Å². The molecule has 0 rings (SSSR count). The van der Waals surface area contributed by atoms with Crippen molar-refractivity contribution in [3.8, 4) is 0 Å². The molecule has 0 aromatic carbocycles. The first kappa shape index (κ1) is 24.9. The summed E-state index contributed by atoms with van der Waals surface area (Å²) in [6.45, 7) is 9.31. The van der Waals surface area contributed by atoms with E-state index in [0.717, 1.165) is 4.90 Å². The Hall–Kier alpha value is -1.32. The normalized spacial score (nSPS) is 11.9. The fraction of sp³-hybridized carbons (Fsp3) is 0.714. The molecule has 24 heavy (non-hydrogen) atoms. The molecule has 0 aromatic heterocycles. The third kappa shape index (κ3) is 13.1. The van der Waals surface area contributed by atoms with Crippen LogP contribution in [0.3, 0.4) is 0 Å². The SMILES string of the molecule is CN(CC(=O)[O-])/C(=N/C(=O)OC(C)(C)C)NC(=O)OC(C)(C)C.[Na+]. The second-order valence-corrected chi connectivity index (χ2v) is 6.77. The van der Waals surface area contributed by atoms with Crippen LogP contribution in [0.15, 0.2) is 4.99 Å². The van der Waals surface area contributed by atoms with Gasteiger partial charge < -0.3 is 24.3 Å². The zero-order chi connectivity index (χ0) is 18.4. The Morgan fingerprint density at radius 3 is 1.88 bits per heavy atom. The summed E-state index contributed by atoms with van der Waals surface area (Å²) in [5, 5.41) is 12.9. The van der Waals surface area contributed by atoms with E-state index in [-0.39, 0.29) is 35.5 Å². The van der Waals surface area contributed by atoms with Crippen molar-refractivity contribution in [1.29, 1.82) is 0 Å². The van der Waals surface area contributed by atoms with Crippen LogP contribution in [-0.4, -0.2) is 53.8 Å². The zero-order valence-corrected chi connectivity index (χ0v) is 17.6. The van der Waals surface area contributed by atoms with E-state index in [1.807, 2.05) is 0 Å². The molecular weight excluding hydrogens is 329 g/mol. The molecule has 1 N–H and O–H groups in total. The molecule has 2 amide bonds. The van der Waals surface area contributed by atoms with Gasteiger partial charge in [0.1, 0.15) is 11.2 Å². The van der Waals surface area contributed by atoms with Gasteiger partial charge in [-0.2, -0.15) is 0 Å². The van der Waals surface area contributed by atoms with E-state index < -0.39 is 35.9 Å². The van der Waals surface area contributed by atoms with E-state index in [1.54, 1.807) is 41.5 Å². The zero-order valence-electron chi connectivity index (χ0n) is 15.6. The number of carboxylic acids is 1. The predicted octanol–water partition coefficient (Wildman–Crippen LogP) is -2.51. The molecule has 132 valence electrons. The van der Waals surface area contributed by atoms with Crippen molar-refractivity contribution in [3.05, 3.63) is 0 Å². The Labute approximate surface area is 164 Å². The number of rotatable bonds is 2. The quantitative estimate of drug-likeness (QED) is 0.331. The number of likely N-dealkylation sites (N-methyl/N-ethyl adjacent to an activating group) is 1. The number of hydrogen-bond donors (Lipinski definition) is 1. The molecule has 0 aliphatic rings. The van der Waals surface area contributed by atoms with Crippen LogP contribution >= 0.6 is 0 Å². The van der Waals surface area contributed by atoms with Gasteiger partial charge in [-0.3, -0.25) is 5.32 Å². The Morgan fingerprint density at radius 2 is 1.50 bits per heavy atom. The number of nitrogens with zero attached hydrogens (tertiary/aromatic N) is 2. The number of nitrogens with one attached hydrogen (secondary N) is 1. The average molecular weight is 353 g/mol. The molecule has 0 aromatic rings. The van der Waals surface area contributed by atoms with Gasteiger partial charge in [0.05, 0.1) is 12.5 Å². The van der Waals surface area contributed by atoms with Gasteiger partial charge in [-0.05, 0) is 41.5 Å². The fourth-order valence-corrected chi connectivity index (χ4v) is 1.24. The maximum Gasteiger partial charge on any atom is 1.00 e. The molecule has 0 atom stereocenters. The fourth-order valence-electron chi connectivity index (χ4n) is 1.24. The number of alkyl carbamates (subject to hydrolysis) is 1.